The summed E-state index contributed by atoms with van der Waals surface area (Å²) in [6.07, 6.45) is -15.4. The Labute approximate surface area is 304 Å². The highest BCUT2D eigenvalue weighted by atomic mass is 16.8. The Kier molecular flexibility index (Phi) is 11.4. The predicted octanol–water partition coefficient (Wildman–Crippen LogP) is 0.176. The molecule has 54 heavy (non-hydrogen) atoms. The number of phenols is 5. The molecule has 0 saturated carbocycles. The molecule has 3 heterocycles. The molecule has 6 rings (SSSR count). The molecular weight excluding hydrogens is 720 g/mol. The molecule has 1 aromatic heterocycles. The predicted molar refractivity (Wildman–Crippen MR) is 181 cm³/mol. The van der Waals surface area contributed by atoms with Crippen LogP contribution in [0.15, 0.2) is 71.2 Å². The third kappa shape index (κ3) is 8.11. The molecule has 18 heteroatoms. The van der Waals surface area contributed by atoms with Crippen LogP contribution < -0.4 is 4.74 Å². The highest BCUT2D eigenvalue weighted by Gasteiger charge is 2.52. The lowest BCUT2D eigenvalue weighted by Gasteiger charge is -2.45. The van der Waals surface area contributed by atoms with Crippen LogP contribution in [0.25, 0.3) is 28.4 Å². The summed E-state index contributed by atoms with van der Waals surface area (Å²) < 4.78 is 34.6. The summed E-state index contributed by atoms with van der Waals surface area (Å²) in [5.74, 6) is -3.21. The number of rotatable bonds is 10. The molecule has 3 aromatic carbocycles. The van der Waals surface area contributed by atoms with E-state index < -0.39 is 97.8 Å². The zero-order valence-corrected chi connectivity index (χ0v) is 27.9. The first-order chi connectivity index (χ1) is 25.7. The van der Waals surface area contributed by atoms with E-state index in [2.05, 4.69) is 0 Å². The minimum absolute atomic E-state index is 0.0109. The highest BCUT2D eigenvalue weighted by Crippen LogP contribution is 2.42. The van der Waals surface area contributed by atoms with Crippen molar-refractivity contribution < 1.29 is 89.1 Å². The summed E-state index contributed by atoms with van der Waals surface area (Å²) in [4.78, 5) is 12.6. The van der Waals surface area contributed by atoms with Gasteiger partial charge < -0.3 is 79.9 Å². The molecular formula is C36H37O18+. The van der Waals surface area contributed by atoms with Crippen molar-refractivity contribution in [3.63, 3.8) is 0 Å². The van der Waals surface area contributed by atoms with Crippen molar-refractivity contribution >= 4 is 23.0 Å². The van der Waals surface area contributed by atoms with Crippen LogP contribution in [-0.2, 0) is 23.7 Å². The number of ether oxygens (including phenoxy) is 5. The fraction of sp³-hybridized carbons (Fsp3) is 0.333. The van der Waals surface area contributed by atoms with E-state index in [0.717, 1.165) is 24.3 Å². The van der Waals surface area contributed by atoms with Crippen LogP contribution in [0.2, 0.25) is 0 Å². The molecule has 0 aliphatic carbocycles. The van der Waals surface area contributed by atoms with Crippen molar-refractivity contribution in [1.29, 1.82) is 0 Å². The molecule has 288 valence electrons. The zero-order chi connectivity index (χ0) is 38.8. The van der Waals surface area contributed by atoms with Crippen LogP contribution in [0, 0.1) is 0 Å². The highest BCUT2D eigenvalue weighted by molar-refractivity contribution is 5.89. The maximum Gasteiger partial charge on any atom is 0.402 e. The third-order valence-corrected chi connectivity index (χ3v) is 8.78. The van der Waals surface area contributed by atoms with E-state index in [1.807, 2.05) is 0 Å². The summed E-state index contributed by atoms with van der Waals surface area (Å²) >= 11 is 0. The number of carbonyl (C=O) groups is 1. The zero-order valence-electron chi connectivity index (χ0n) is 27.9. The van der Waals surface area contributed by atoms with Gasteiger partial charge in [-0.05, 0) is 35.9 Å². The average Bonchev–Trinajstić information content (AvgIpc) is 3.14. The molecule has 0 spiro atoms. The van der Waals surface area contributed by atoms with E-state index in [1.54, 1.807) is 0 Å². The lowest BCUT2D eigenvalue weighted by molar-refractivity contribution is -0.357. The lowest BCUT2D eigenvalue weighted by atomic mass is 9.97. The van der Waals surface area contributed by atoms with E-state index in [9.17, 15) is 61.0 Å². The van der Waals surface area contributed by atoms with Gasteiger partial charge in [-0.3, -0.25) is 0 Å². The second-order valence-corrected chi connectivity index (χ2v) is 12.5. The Morgan fingerprint density at radius 3 is 2.13 bits per heavy atom. The first-order valence-corrected chi connectivity index (χ1v) is 16.4. The number of esters is 1. The lowest BCUT2D eigenvalue weighted by Crippen LogP contribution is -2.65. The number of benzene rings is 3. The number of hydrogen-bond donors (Lipinski definition) is 11. The van der Waals surface area contributed by atoms with Gasteiger partial charge in [-0.2, -0.15) is 0 Å². The molecule has 11 N–H and O–H groups in total. The Morgan fingerprint density at radius 1 is 0.722 bits per heavy atom. The van der Waals surface area contributed by atoms with E-state index >= 15 is 0 Å². The summed E-state index contributed by atoms with van der Waals surface area (Å²) in [5.41, 5.74) is 0.566. The number of phenolic OH excluding ortho intramolecular Hbond substituents is 5. The topological polar surface area (TPSA) is 297 Å². The van der Waals surface area contributed by atoms with Crippen molar-refractivity contribution in [2.45, 2.75) is 61.4 Å². The number of aliphatic hydroxyl groups excluding tert-OH is 6. The SMILES string of the molecule is O=C(/C=C/c1ccc(O)cc1)OCC1O[C@@H](Oc2cc3c(O)cc(O)cc3[o+]c2-c2ccc(O)c(O)c2)C(O[C@@H]2OC(CO)[C@@H](O)C(O)[C@H]2O)C(O)[C@@H]1O. The number of aliphatic hydroxyl groups is 6. The van der Waals surface area contributed by atoms with E-state index in [1.165, 1.54) is 48.5 Å². The monoisotopic (exact) mass is 757 g/mol. The molecule has 5 unspecified atom stereocenters. The molecule has 2 aliphatic rings. The van der Waals surface area contributed by atoms with Gasteiger partial charge in [0.25, 0.3) is 0 Å². The van der Waals surface area contributed by atoms with Gasteiger partial charge >= 0.3 is 17.3 Å². The standard InChI is InChI=1S/C36H36O18/c37-13-25-28(44)30(46)32(48)35(52-25)54-34-31(47)29(45)26(14-49-27(43)8-3-15-1-5-17(38)6-2-15)53-36(34)51-24-12-19-21(41)10-18(39)11-23(19)50-33(24)16-4-7-20(40)22(42)9-16/h1-12,25-26,28-32,34-37,44-48H,13-14H2,(H4-,38,39,40,41,42,43)/p+1/t25?,26?,28-,29-,30?,31?,32-,34?,35+,36-/m1/s1. The molecule has 2 aliphatic heterocycles. The Morgan fingerprint density at radius 2 is 1.43 bits per heavy atom. The van der Waals surface area contributed by atoms with Crippen molar-refractivity contribution in [1.82, 2.24) is 0 Å². The molecule has 2 saturated heterocycles. The first kappa shape index (κ1) is 38.4. The molecule has 0 radical (unpaired) electrons. The third-order valence-electron chi connectivity index (χ3n) is 8.78. The average molecular weight is 758 g/mol. The van der Waals surface area contributed by atoms with Crippen molar-refractivity contribution in [2.75, 3.05) is 13.2 Å². The van der Waals surface area contributed by atoms with Crippen LogP contribution in [0.3, 0.4) is 0 Å². The van der Waals surface area contributed by atoms with Crippen LogP contribution in [0.4, 0.5) is 0 Å². The molecule has 10 atom stereocenters. The van der Waals surface area contributed by atoms with Gasteiger partial charge in [-0.15, -0.1) is 0 Å². The summed E-state index contributed by atoms with van der Waals surface area (Å²) in [5, 5.41) is 114. The van der Waals surface area contributed by atoms with Crippen molar-refractivity contribution in [2.24, 2.45) is 0 Å². The van der Waals surface area contributed by atoms with Gasteiger partial charge in [0.2, 0.25) is 12.0 Å². The maximum absolute atomic E-state index is 12.6. The van der Waals surface area contributed by atoms with Crippen LogP contribution in [0.1, 0.15) is 5.56 Å². The quantitative estimate of drug-likeness (QED) is 0.0445. The number of aromatic hydroxyl groups is 5. The summed E-state index contributed by atoms with van der Waals surface area (Å²) in [6.45, 7) is -1.48. The van der Waals surface area contributed by atoms with Crippen LogP contribution >= 0.6 is 0 Å². The summed E-state index contributed by atoms with van der Waals surface area (Å²) in [6, 6.07) is 12.9. The Bertz CT molecular complexity index is 1980. The molecule has 0 bridgehead atoms. The second kappa shape index (κ2) is 16.0. The van der Waals surface area contributed by atoms with Gasteiger partial charge in [0, 0.05) is 24.3 Å². The minimum Gasteiger partial charge on any atom is -0.508 e. The second-order valence-electron chi connectivity index (χ2n) is 12.5. The number of hydrogen-bond acceptors (Lipinski definition) is 17. The fourth-order valence-electron chi connectivity index (χ4n) is 5.84. The molecule has 0 amide bonds. The van der Waals surface area contributed by atoms with Crippen molar-refractivity contribution in [3.8, 4) is 45.8 Å². The Balaban J connectivity index is 1.34. The normalized spacial score (nSPS) is 28.6. The van der Waals surface area contributed by atoms with Gasteiger partial charge in [0.1, 0.15) is 72.0 Å². The maximum atomic E-state index is 12.6. The molecule has 2 fully saturated rings. The van der Waals surface area contributed by atoms with Gasteiger partial charge in [0.05, 0.1) is 18.2 Å². The van der Waals surface area contributed by atoms with Gasteiger partial charge in [-0.1, -0.05) is 12.1 Å². The first-order valence-electron chi connectivity index (χ1n) is 16.4. The van der Waals surface area contributed by atoms with Crippen molar-refractivity contribution in [3.05, 3.63) is 72.3 Å². The van der Waals surface area contributed by atoms with Crippen LogP contribution in [-0.4, -0.2) is 137 Å². The van der Waals surface area contributed by atoms with E-state index in [0.29, 0.717) is 5.56 Å². The number of fused-ring (bicyclic) bond motifs is 1. The van der Waals surface area contributed by atoms with Gasteiger partial charge in [0.15, 0.2) is 23.9 Å². The van der Waals surface area contributed by atoms with E-state index in [-0.39, 0.29) is 39.5 Å². The molecule has 18 nitrogen and oxygen atoms in total. The molecule has 4 aromatic rings. The Hall–Kier alpha value is -5.28. The largest absolute Gasteiger partial charge is 0.508 e. The number of carbonyl (C=O) groups excluding carboxylic acids is 1. The smallest absolute Gasteiger partial charge is 0.402 e. The van der Waals surface area contributed by atoms with Gasteiger partial charge in [-0.25, -0.2) is 9.21 Å². The fourth-order valence-corrected chi connectivity index (χ4v) is 5.84. The summed E-state index contributed by atoms with van der Waals surface area (Å²) in [7, 11) is 0. The van der Waals surface area contributed by atoms with E-state index in [4.69, 9.17) is 28.1 Å². The van der Waals surface area contributed by atoms with Crippen LogP contribution in [0.5, 0.6) is 34.5 Å². The minimum atomic E-state index is -1.98.